The number of nitrogens with zero attached hydrogens (tertiary/aromatic N) is 4. The number of anilines is 1. The number of aromatic amines is 1. The second-order valence-electron chi connectivity index (χ2n) is 8.01. The molecule has 2 aromatic rings. The number of hydrogen-bond acceptors (Lipinski definition) is 6. The fraction of sp³-hybridized carbons (Fsp3) is 0.579. The maximum Gasteiger partial charge on any atom is 0.265 e. The van der Waals surface area contributed by atoms with Gasteiger partial charge in [-0.3, -0.25) is 4.79 Å². The van der Waals surface area contributed by atoms with Crippen molar-refractivity contribution in [3.8, 4) is 5.75 Å². The molecule has 4 rings (SSSR count). The van der Waals surface area contributed by atoms with Gasteiger partial charge in [0, 0.05) is 30.8 Å². The number of H-pyrrole nitrogens is 1. The van der Waals surface area contributed by atoms with Crippen LogP contribution in [0.1, 0.15) is 38.2 Å². The molecule has 2 aliphatic rings. The molecule has 2 fully saturated rings. The van der Waals surface area contributed by atoms with E-state index in [0.717, 1.165) is 19.4 Å². The predicted octanol–water partition coefficient (Wildman–Crippen LogP) is 2.45. The van der Waals surface area contributed by atoms with Crippen LogP contribution in [0.5, 0.6) is 5.75 Å². The Kier molecular flexibility index (Phi) is 5.33. The monoisotopic (exact) mass is 422 g/mol. The van der Waals surface area contributed by atoms with Crippen molar-refractivity contribution in [1.82, 2.24) is 25.9 Å². The minimum absolute atomic E-state index is 0.0184. The van der Waals surface area contributed by atoms with Gasteiger partial charge in [0.1, 0.15) is 11.6 Å². The van der Waals surface area contributed by atoms with Crippen LogP contribution in [-0.4, -0.2) is 52.8 Å². The number of carbonyl (C=O) groups is 1. The molecular formula is C19H24ClFN6O2. The third kappa shape index (κ3) is 3.88. The van der Waals surface area contributed by atoms with Gasteiger partial charge in [-0.15, -0.1) is 5.10 Å². The lowest BCUT2D eigenvalue weighted by molar-refractivity contribution is -0.124. The number of amides is 1. The van der Waals surface area contributed by atoms with Crippen molar-refractivity contribution in [1.29, 1.82) is 0 Å². The Morgan fingerprint density at radius 2 is 2.24 bits per heavy atom. The first-order valence-corrected chi connectivity index (χ1v) is 10.1. The molecule has 8 nitrogen and oxygen atoms in total. The molecule has 156 valence electrons. The normalized spacial score (nSPS) is 23.4. The van der Waals surface area contributed by atoms with Crippen molar-refractivity contribution in [2.45, 2.75) is 44.1 Å². The molecule has 0 radical (unpaired) electrons. The SMILES string of the molecule is COc1cc(Cl)c(F)cc1C1(C(=O)NC2CC(C)CCN(c3nn[nH]n3)C2)CC1. The lowest BCUT2D eigenvalue weighted by Gasteiger charge is -2.26. The lowest BCUT2D eigenvalue weighted by Crippen LogP contribution is -2.47. The summed E-state index contributed by atoms with van der Waals surface area (Å²) in [5.41, 5.74) is -0.223. The smallest absolute Gasteiger partial charge is 0.265 e. The molecule has 2 heterocycles. The number of carbonyl (C=O) groups excluding carboxylic acids is 1. The van der Waals surface area contributed by atoms with Crippen LogP contribution in [0.3, 0.4) is 0 Å². The number of hydrogen-bond donors (Lipinski definition) is 2. The summed E-state index contributed by atoms with van der Waals surface area (Å²) in [7, 11) is 1.50. The molecule has 0 spiro atoms. The highest BCUT2D eigenvalue weighted by atomic mass is 35.5. The largest absolute Gasteiger partial charge is 0.496 e. The average Bonchev–Trinajstić information content (AvgIpc) is 3.37. The quantitative estimate of drug-likeness (QED) is 0.768. The molecule has 2 N–H and O–H groups in total. The van der Waals surface area contributed by atoms with Crippen LogP contribution in [0.25, 0.3) is 0 Å². The zero-order valence-electron chi connectivity index (χ0n) is 16.4. The van der Waals surface area contributed by atoms with Crippen LogP contribution < -0.4 is 15.0 Å². The van der Waals surface area contributed by atoms with Crippen LogP contribution >= 0.6 is 11.6 Å². The zero-order valence-corrected chi connectivity index (χ0v) is 17.2. The standard InChI is InChI=1S/C19H24ClFN6O2/c1-11-3-6-27(18-23-25-26-24-18)10-12(7-11)22-17(28)19(4-5-19)13-8-15(21)14(20)9-16(13)29-2/h8-9,11-12H,3-7,10H2,1-2H3,(H,22,28)(H,23,24,25,26). The van der Waals surface area contributed by atoms with E-state index in [1.807, 2.05) is 4.90 Å². The van der Waals surface area contributed by atoms with Crippen molar-refractivity contribution in [2.24, 2.45) is 5.92 Å². The summed E-state index contributed by atoms with van der Waals surface area (Å²) in [6, 6.07) is 2.69. The van der Waals surface area contributed by atoms with E-state index in [2.05, 4.69) is 32.9 Å². The van der Waals surface area contributed by atoms with E-state index in [1.54, 1.807) is 0 Å². The molecule has 1 aliphatic carbocycles. The number of tetrazole rings is 1. The average molecular weight is 423 g/mol. The molecule has 1 amide bonds. The number of nitrogens with one attached hydrogen (secondary N) is 2. The summed E-state index contributed by atoms with van der Waals surface area (Å²) in [6.45, 7) is 3.57. The lowest BCUT2D eigenvalue weighted by atomic mass is 9.92. The number of benzene rings is 1. The fourth-order valence-electron chi connectivity index (χ4n) is 4.13. The third-order valence-electron chi connectivity index (χ3n) is 5.91. The van der Waals surface area contributed by atoms with Crippen molar-refractivity contribution < 1.29 is 13.9 Å². The van der Waals surface area contributed by atoms with Crippen LogP contribution in [0.4, 0.5) is 10.3 Å². The molecule has 1 aromatic heterocycles. The summed E-state index contributed by atoms with van der Waals surface area (Å²) in [4.78, 5) is 15.3. The summed E-state index contributed by atoms with van der Waals surface area (Å²) >= 11 is 5.89. The topological polar surface area (TPSA) is 96.0 Å². The highest BCUT2D eigenvalue weighted by molar-refractivity contribution is 6.30. The number of methoxy groups -OCH3 is 1. The van der Waals surface area contributed by atoms with Crippen LogP contribution in [0.2, 0.25) is 5.02 Å². The second kappa shape index (κ2) is 7.78. The number of aromatic nitrogens is 4. The first-order chi connectivity index (χ1) is 13.9. The van der Waals surface area contributed by atoms with Gasteiger partial charge in [-0.25, -0.2) is 4.39 Å². The van der Waals surface area contributed by atoms with Gasteiger partial charge in [0.2, 0.25) is 5.91 Å². The van der Waals surface area contributed by atoms with Crippen LogP contribution in [-0.2, 0) is 10.2 Å². The highest BCUT2D eigenvalue weighted by Gasteiger charge is 2.53. The van der Waals surface area contributed by atoms with Gasteiger partial charge in [-0.2, -0.15) is 5.21 Å². The summed E-state index contributed by atoms with van der Waals surface area (Å²) in [5.74, 6) is 0.750. The highest BCUT2D eigenvalue weighted by Crippen LogP contribution is 2.52. The Hall–Kier alpha value is -2.42. The van der Waals surface area contributed by atoms with Crippen molar-refractivity contribution in [2.75, 3.05) is 25.1 Å². The van der Waals surface area contributed by atoms with Gasteiger partial charge in [0.05, 0.1) is 17.5 Å². The Bertz CT molecular complexity index is 889. The molecule has 1 aliphatic heterocycles. The van der Waals surface area contributed by atoms with Crippen molar-refractivity contribution in [3.05, 3.63) is 28.5 Å². The van der Waals surface area contributed by atoms with Crippen LogP contribution in [0.15, 0.2) is 12.1 Å². The second-order valence-corrected chi connectivity index (χ2v) is 8.41. The summed E-state index contributed by atoms with van der Waals surface area (Å²) in [6.07, 6.45) is 3.12. The number of halogens is 2. The van der Waals surface area contributed by atoms with E-state index >= 15 is 0 Å². The predicted molar refractivity (Wildman–Crippen MR) is 106 cm³/mol. The molecule has 2 atom stereocenters. The van der Waals surface area contributed by atoms with Gasteiger partial charge in [-0.05, 0) is 42.9 Å². The first-order valence-electron chi connectivity index (χ1n) is 9.76. The van der Waals surface area contributed by atoms with Gasteiger partial charge in [-0.1, -0.05) is 23.6 Å². The molecule has 2 unspecified atom stereocenters. The van der Waals surface area contributed by atoms with Crippen molar-refractivity contribution in [3.63, 3.8) is 0 Å². The molecule has 29 heavy (non-hydrogen) atoms. The summed E-state index contributed by atoms with van der Waals surface area (Å²) < 4.78 is 19.5. The van der Waals surface area contributed by atoms with Gasteiger partial charge in [0.15, 0.2) is 0 Å². The van der Waals surface area contributed by atoms with E-state index in [9.17, 15) is 9.18 Å². The molecule has 10 heteroatoms. The Morgan fingerprint density at radius 1 is 1.45 bits per heavy atom. The molecule has 1 aromatic carbocycles. The third-order valence-corrected chi connectivity index (χ3v) is 6.20. The Morgan fingerprint density at radius 3 is 2.90 bits per heavy atom. The number of rotatable bonds is 5. The molecule has 1 saturated heterocycles. The van der Waals surface area contributed by atoms with Crippen molar-refractivity contribution >= 4 is 23.5 Å². The first kappa shape index (κ1) is 19.9. The minimum Gasteiger partial charge on any atom is -0.496 e. The van der Waals surface area contributed by atoms with E-state index in [1.165, 1.54) is 19.2 Å². The maximum absolute atomic E-state index is 14.1. The number of ether oxygens (including phenoxy) is 1. The van der Waals surface area contributed by atoms with E-state index in [0.29, 0.717) is 42.6 Å². The van der Waals surface area contributed by atoms with Crippen LogP contribution in [0, 0.1) is 11.7 Å². The maximum atomic E-state index is 14.1. The van der Waals surface area contributed by atoms with E-state index in [-0.39, 0.29) is 17.0 Å². The van der Waals surface area contributed by atoms with E-state index < -0.39 is 11.2 Å². The van der Waals surface area contributed by atoms with Gasteiger partial charge >= 0.3 is 0 Å². The van der Waals surface area contributed by atoms with Gasteiger partial charge in [0.25, 0.3) is 5.95 Å². The zero-order chi connectivity index (χ0) is 20.6. The Labute approximate surface area is 173 Å². The summed E-state index contributed by atoms with van der Waals surface area (Å²) in [5, 5.41) is 17.4. The molecule has 1 saturated carbocycles. The molecule has 0 bridgehead atoms. The minimum atomic E-state index is -0.775. The van der Waals surface area contributed by atoms with E-state index in [4.69, 9.17) is 16.3 Å². The molecular weight excluding hydrogens is 399 g/mol. The Balaban J connectivity index is 1.54. The fourth-order valence-corrected chi connectivity index (χ4v) is 4.28. The van der Waals surface area contributed by atoms with Gasteiger partial charge < -0.3 is 15.0 Å².